The third kappa shape index (κ3) is 11.4. The number of halogens is 2. The Balaban J connectivity index is 2.76. The zero-order valence-corrected chi connectivity index (χ0v) is 28.6. The molecule has 0 aromatic heterocycles. The third-order valence-electron chi connectivity index (χ3n) is 6.61. The largest absolute Gasteiger partial charge is 0.462 e. The molecule has 268 valence electrons. The summed E-state index contributed by atoms with van der Waals surface area (Å²) >= 11 is 0. The molecule has 0 spiro atoms. The van der Waals surface area contributed by atoms with Crippen LogP contribution < -0.4 is 5.32 Å². The summed E-state index contributed by atoms with van der Waals surface area (Å²) in [7, 11) is 0. The second-order valence-corrected chi connectivity index (χ2v) is 14.4. The fourth-order valence-corrected chi connectivity index (χ4v) is 3.75. The first-order chi connectivity index (χ1) is 24.0. The van der Waals surface area contributed by atoms with Gasteiger partial charge < -0.3 is 29.0 Å². The summed E-state index contributed by atoms with van der Waals surface area (Å²) in [5.74, 6) is -6.99. The molecular weight excluding hydrogens is 632 g/mol. The van der Waals surface area contributed by atoms with E-state index in [9.17, 15) is 32.8 Å². The quantitative estimate of drug-likeness (QED) is 0.218. The first-order valence-electron chi connectivity index (χ1n) is 17.9. The molecule has 5 atom stereocenters. The van der Waals surface area contributed by atoms with Crippen molar-refractivity contribution in [3.63, 3.8) is 0 Å². The lowest BCUT2D eigenvalue weighted by molar-refractivity contribution is -0.263. The second kappa shape index (κ2) is 15.1. The van der Waals surface area contributed by atoms with Crippen LogP contribution >= 0.6 is 0 Å². The molecule has 0 aliphatic carbocycles. The van der Waals surface area contributed by atoms with Gasteiger partial charge in [0.25, 0.3) is 0 Å². The Bertz CT molecular complexity index is 1500. The monoisotopic (exact) mass is 685 g/mol. The Kier molecular flexibility index (Phi) is 10.7. The van der Waals surface area contributed by atoms with Crippen LogP contribution in [-0.2, 0) is 47.7 Å². The summed E-state index contributed by atoms with van der Waals surface area (Å²) in [6, 6.07) is 2.90. The van der Waals surface area contributed by atoms with Crippen molar-refractivity contribution >= 4 is 35.9 Å². The molecule has 2 rings (SSSR count). The maximum atomic E-state index is 13.8. The van der Waals surface area contributed by atoms with Gasteiger partial charge in [-0.2, -0.15) is 0 Å². The fourth-order valence-electron chi connectivity index (χ4n) is 3.75. The van der Waals surface area contributed by atoms with E-state index in [1.165, 1.54) is 61.5 Å². The number of esters is 4. The number of carbonyl (C=O) groups excluding carboxylic acids is 5. The smallest absolute Gasteiger partial charge is 0.311 e. The van der Waals surface area contributed by atoms with Crippen molar-refractivity contribution in [1.29, 1.82) is 0 Å². The SMILES string of the molecule is [2H]CC(C)(C)C(=O)OC[C@H]1OC(NC(=O)/C=C/c2ccc(F)c(F)c2)[C@H](OC(=O)C(C)(C)C[2H])[C@@H](OC(=O)C(C)(C)C[2H])[C@@H]1OC(=O)C(C)(C)C[2H]. The number of amides is 1. The zero-order valence-electron chi connectivity index (χ0n) is 32.6. The predicted octanol–water partition coefficient (Wildman–Crippen LogP) is 5.28. The zero-order chi connectivity index (χ0) is 39.8. The van der Waals surface area contributed by atoms with Crippen LogP contribution in [0.15, 0.2) is 24.3 Å². The number of rotatable bonds is 8. The minimum absolute atomic E-state index is 0.106. The standard InChI is InChI=1S/C35H49F2NO10/c1-32(2,3)28(40)44-18-22-24(46-29(41)33(4,5)6)25(47-30(42)34(7,8)9)26(48-31(43)35(10,11)12)27(45-22)38-23(39)16-14-19-13-15-20(36)21(37)17-19/h13-17,22,24-27H,18H2,1-12H3,(H,38,39)/b16-14+/t22-,24-,25+,26-,27?/m1/s1/i1D,4D,7D,10D. The van der Waals surface area contributed by atoms with Crippen LogP contribution in [0.1, 0.15) is 94.0 Å². The van der Waals surface area contributed by atoms with Crippen LogP contribution in [0, 0.1) is 33.3 Å². The van der Waals surface area contributed by atoms with Gasteiger partial charge in [-0.3, -0.25) is 24.0 Å². The van der Waals surface area contributed by atoms with E-state index in [4.69, 9.17) is 29.2 Å². The molecule has 0 saturated carbocycles. The molecule has 11 nitrogen and oxygen atoms in total. The van der Waals surface area contributed by atoms with Crippen LogP contribution in [0.4, 0.5) is 8.78 Å². The highest BCUT2D eigenvalue weighted by Crippen LogP contribution is 2.33. The Morgan fingerprint density at radius 3 is 1.73 bits per heavy atom. The number of nitrogens with one attached hydrogen (secondary N) is 1. The van der Waals surface area contributed by atoms with Gasteiger partial charge >= 0.3 is 23.9 Å². The maximum Gasteiger partial charge on any atom is 0.311 e. The van der Waals surface area contributed by atoms with E-state index in [1.807, 2.05) is 0 Å². The van der Waals surface area contributed by atoms with Crippen LogP contribution in [0.2, 0.25) is 0 Å². The van der Waals surface area contributed by atoms with E-state index in [-0.39, 0.29) is 12.5 Å². The van der Waals surface area contributed by atoms with Gasteiger partial charge in [-0.25, -0.2) is 8.78 Å². The van der Waals surface area contributed by atoms with E-state index in [0.717, 1.165) is 24.3 Å². The molecule has 0 bridgehead atoms. The van der Waals surface area contributed by atoms with Gasteiger partial charge in [0, 0.05) is 11.6 Å². The van der Waals surface area contributed by atoms with Crippen molar-refractivity contribution in [3.8, 4) is 0 Å². The lowest BCUT2D eigenvalue weighted by atomic mass is 9.92. The van der Waals surface area contributed by atoms with Crippen molar-refractivity contribution in [3.05, 3.63) is 41.5 Å². The molecule has 1 saturated heterocycles. The summed E-state index contributed by atoms with van der Waals surface area (Å²) in [5, 5.41) is 2.46. The Morgan fingerprint density at radius 1 is 0.750 bits per heavy atom. The Morgan fingerprint density at radius 2 is 1.23 bits per heavy atom. The summed E-state index contributed by atoms with van der Waals surface area (Å²) in [6.45, 7) is 8.96. The topological polar surface area (TPSA) is 144 Å². The highest BCUT2D eigenvalue weighted by molar-refractivity contribution is 5.92. The first-order valence-corrected chi connectivity index (χ1v) is 15.0. The van der Waals surface area contributed by atoms with Crippen molar-refractivity contribution in [2.24, 2.45) is 21.7 Å². The molecule has 1 aromatic rings. The number of ether oxygens (including phenoxy) is 5. The number of benzene rings is 1. The normalized spacial score (nSPS) is 23.2. The molecule has 1 amide bonds. The van der Waals surface area contributed by atoms with Crippen LogP contribution in [0.25, 0.3) is 6.08 Å². The maximum absolute atomic E-state index is 13.8. The molecule has 1 fully saturated rings. The van der Waals surface area contributed by atoms with E-state index < -0.39 is 121 Å². The molecule has 1 aliphatic rings. The van der Waals surface area contributed by atoms with E-state index in [1.54, 1.807) is 0 Å². The molecule has 1 heterocycles. The molecule has 13 heteroatoms. The van der Waals surface area contributed by atoms with E-state index in [0.29, 0.717) is 0 Å². The highest BCUT2D eigenvalue weighted by Gasteiger charge is 2.55. The van der Waals surface area contributed by atoms with Gasteiger partial charge in [-0.15, -0.1) is 0 Å². The van der Waals surface area contributed by atoms with Gasteiger partial charge in [-0.05, 0) is 107 Å². The van der Waals surface area contributed by atoms with E-state index >= 15 is 0 Å². The van der Waals surface area contributed by atoms with Crippen molar-refractivity contribution in [2.75, 3.05) is 6.61 Å². The van der Waals surface area contributed by atoms with Gasteiger partial charge in [0.15, 0.2) is 36.2 Å². The van der Waals surface area contributed by atoms with Crippen LogP contribution in [0.3, 0.4) is 0 Å². The van der Waals surface area contributed by atoms with Gasteiger partial charge in [0.2, 0.25) is 5.91 Å². The van der Waals surface area contributed by atoms with E-state index in [2.05, 4.69) is 5.32 Å². The van der Waals surface area contributed by atoms with Gasteiger partial charge in [0.05, 0.1) is 21.7 Å². The number of hydrogen-bond acceptors (Lipinski definition) is 10. The summed E-state index contributed by atoms with van der Waals surface area (Å²) < 4.78 is 87.5. The van der Waals surface area contributed by atoms with Gasteiger partial charge in [0.1, 0.15) is 12.7 Å². The van der Waals surface area contributed by atoms with Crippen molar-refractivity contribution in [1.82, 2.24) is 5.32 Å². The average molecular weight is 686 g/mol. The van der Waals surface area contributed by atoms with Crippen molar-refractivity contribution < 1.29 is 61.9 Å². The third-order valence-corrected chi connectivity index (χ3v) is 6.61. The average Bonchev–Trinajstić information content (AvgIpc) is 3.09. The van der Waals surface area contributed by atoms with Gasteiger partial charge in [-0.1, -0.05) is 6.07 Å². The van der Waals surface area contributed by atoms with Crippen LogP contribution in [-0.4, -0.2) is 67.0 Å². The molecule has 0 radical (unpaired) electrons. The summed E-state index contributed by atoms with van der Waals surface area (Å²) in [5.41, 5.74) is -5.48. The van der Waals surface area contributed by atoms with Crippen LogP contribution in [0.5, 0.6) is 0 Å². The first kappa shape index (κ1) is 34.0. The Hall–Kier alpha value is -3.87. The molecule has 48 heavy (non-hydrogen) atoms. The molecule has 1 aliphatic heterocycles. The molecule has 1 aromatic carbocycles. The highest BCUT2D eigenvalue weighted by atomic mass is 19.2. The fraction of sp³-hybridized carbons (Fsp3) is 0.629. The molecule has 1 N–H and O–H groups in total. The second-order valence-electron chi connectivity index (χ2n) is 14.4. The van der Waals surface area contributed by atoms with Crippen molar-refractivity contribution in [2.45, 2.75) is 114 Å². The minimum Gasteiger partial charge on any atom is -0.462 e. The molecule has 1 unspecified atom stereocenters. The Labute approximate surface area is 286 Å². The number of hydrogen-bond donors (Lipinski definition) is 1. The number of carbonyl (C=O) groups is 5. The minimum atomic E-state index is -1.79. The molecular formula is C35H49F2NO10. The predicted molar refractivity (Wildman–Crippen MR) is 171 cm³/mol. The lowest BCUT2D eigenvalue weighted by Gasteiger charge is -2.46. The summed E-state index contributed by atoms with van der Waals surface area (Å²) in [6.07, 6.45) is -6.48. The lowest BCUT2D eigenvalue weighted by Crippen LogP contribution is -2.67. The summed E-state index contributed by atoms with van der Waals surface area (Å²) in [4.78, 5) is 66.6.